The molecule has 32 heavy (non-hydrogen) atoms. The van der Waals surface area contributed by atoms with E-state index < -0.39 is 30.5 Å². The fourth-order valence-electron chi connectivity index (χ4n) is 3.57. The Labute approximate surface area is 188 Å². The minimum absolute atomic E-state index is 0.0363. The first-order valence-electron chi connectivity index (χ1n) is 9.79. The van der Waals surface area contributed by atoms with Gasteiger partial charge in [0.25, 0.3) is 5.91 Å². The summed E-state index contributed by atoms with van der Waals surface area (Å²) in [6.45, 7) is 1.46. The Morgan fingerprint density at radius 2 is 1.84 bits per heavy atom. The third-order valence-electron chi connectivity index (χ3n) is 5.06. The highest BCUT2D eigenvalue weighted by atomic mass is 35.5. The second-order valence-corrected chi connectivity index (χ2v) is 7.77. The Morgan fingerprint density at radius 1 is 1.09 bits per heavy atom. The number of nitrogens with zero attached hydrogens (tertiary/aromatic N) is 1. The third-order valence-corrected chi connectivity index (χ3v) is 5.37. The van der Waals surface area contributed by atoms with E-state index in [2.05, 4.69) is 0 Å². The molecule has 8 heteroatoms. The molecule has 3 aromatic carbocycles. The van der Waals surface area contributed by atoms with Gasteiger partial charge in [0.1, 0.15) is 23.4 Å². The number of carboxylic acid groups (broad SMARTS) is 1. The number of aryl methyl sites for hydroxylation is 1. The number of carbonyl (C=O) groups is 2. The van der Waals surface area contributed by atoms with E-state index in [1.807, 2.05) is 25.1 Å². The Hall–Kier alpha value is -3.58. The van der Waals surface area contributed by atoms with Gasteiger partial charge >= 0.3 is 5.97 Å². The molecular weight excluding hydrogens is 437 g/mol. The number of benzene rings is 3. The number of carbonyl (C=O) groups excluding carboxylic acids is 1. The molecule has 6 nitrogen and oxygen atoms in total. The number of amides is 1. The van der Waals surface area contributed by atoms with Crippen molar-refractivity contribution in [1.29, 1.82) is 0 Å². The van der Waals surface area contributed by atoms with E-state index in [1.54, 1.807) is 36.4 Å². The summed E-state index contributed by atoms with van der Waals surface area (Å²) in [6, 6.07) is 17.7. The molecule has 1 saturated heterocycles. The van der Waals surface area contributed by atoms with Gasteiger partial charge in [-0.2, -0.15) is 0 Å². The van der Waals surface area contributed by atoms with Gasteiger partial charge < -0.3 is 14.6 Å². The third kappa shape index (κ3) is 4.38. The second-order valence-electron chi connectivity index (χ2n) is 7.36. The number of β-lactam (4-membered cyclic amide) rings is 1. The van der Waals surface area contributed by atoms with Crippen molar-refractivity contribution in [3.05, 3.63) is 88.7 Å². The van der Waals surface area contributed by atoms with Gasteiger partial charge in [-0.25, -0.2) is 9.18 Å². The smallest absolute Gasteiger partial charge is 0.341 e. The molecule has 1 fully saturated rings. The summed E-state index contributed by atoms with van der Waals surface area (Å²) in [7, 11) is 0. The fraction of sp³-hybridized carbons (Fsp3) is 0.167. The summed E-state index contributed by atoms with van der Waals surface area (Å²) >= 11 is 5.80. The number of hydrogen-bond donors (Lipinski definition) is 1. The van der Waals surface area contributed by atoms with Crippen molar-refractivity contribution in [2.24, 2.45) is 0 Å². The Bertz CT molecular complexity index is 1170. The van der Waals surface area contributed by atoms with Crippen LogP contribution in [0.5, 0.6) is 11.5 Å². The zero-order chi connectivity index (χ0) is 22.8. The normalized spacial score (nSPS) is 17.6. The highest BCUT2D eigenvalue weighted by Crippen LogP contribution is 2.42. The molecule has 1 heterocycles. The monoisotopic (exact) mass is 455 g/mol. The molecule has 2 atom stereocenters. The molecule has 0 aliphatic carbocycles. The van der Waals surface area contributed by atoms with E-state index in [4.69, 9.17) is 26.2 Å². The van der Waals surface area contributed by atoms with Crippen LogP contribution in [0.1, 0.15) is 17.2 Å². The van der Waals surface area contributed by atoms with Crippen LogP contribution in [-0.4, -0.2) is 29.7 Å². The van der Waals surface area contributed by atoms with Crippen molar-refractivity contribution in [1.82, 2.24) is 0 Å². The summed E-state index contributed by atoms with van der Waals surface area (Å²) in [6.07, 6.45) is -0.818. The van der Waals surface area contributed by atoms with E-state index in [0.717, 1.165) is 11.1 Å². The van der Waals surface area contributed by atoms with Gasteiger partial charge in [-0.3, -0.25) is 9.69 Å². The van der Waals surface area contributed by atoms with Gasteiger partial charge in [0.15, 0.2) is 6.61 Å². The van der Waals surface area contributed by atoms with Crippen LogP contribution in [0, 0.1) is 12.7 Å². The van der Waals surface area contributed by atoms with E-state index in [1.165, 1.54) is 17.0 Å². The first-order valence-corrected chi connectivity index (χ1v) is 10.2. The van der Waals surface area contributed by atoms with Gasteiger partial charge in [-0.1, -0.05) is 35.9 Å². The van der Waals surface area contributed by atoms with Crippen LogP contribution < -0.4 is 14.4 Å². The predicted octanol–water partition coefficient (Wildman–Crippen LogP) is 4.79. The van der Waals surface area contributed by atoms with Gasteiger partial charge in [0, 0.05) is 5.69 Å². The summed E-state index contributed by atoms with van der Waals surface area (Å²) < 4.78 is 25.3. The van der Waals surface area contributed by atoms with E-state index in [9.17, 15) is 14.0 Å². The van der Waals surface area contributed by atoms with E-state index in [0.29, 0.717) is 17.2 Å². The molecule has 0 spiro atoms. The van der Waals surface area contributed by atoms with E-state index in [-0.39, 0.29) is 10.9 Å². The van der Waals surface area contributed by atoms with Gasteiger partial charge in [-0.05, 0) is 60.5 Å². The molecule has 0 bridgehead atoms. The molecule has 2 unspecified atom stereocenters. The average Bonchev–Trinajstić information content (AvgIpc) is 2.77. The number of anilines is 1. The van der Waals surface area contributed by atoms with Crippen molar-refractivity contribution in [2.75, 3.05) is 11.5 Å². The van der Waals surface area contributed by atoms with Crippen LogP contribution in [0.15, 0.2) is 66.7 Å². The summed E-state index contributed by atoms with van der Waals surface area (Å²) in [4.78, 5) is 25.2. The number of halogens is 2. The quantitative estimate of drug-likeness (QED) is 0.518. The Kier molecular flexibility index (Phi) is 6.01. The number of aliphatic carboxylic acids is 1. The summed E-state index contributed by atoms with van der Waals surface area (Å²) in [5.74, 6) is -1.10. The standard InChI is InChI=1S/C24H19ClFNO5/c1-14-3-2-4-18(11-14)32-23-22(15-5-8-17(9-6-15)31-13-21(28)29)27(24(23)30)16-7-10-19(25)20(26)12-16/h2-12,22-23H,13H2,1H3,(H,28,29). The Morgan fingerprint density at radius 3 is 2.50 bits per heavy atom. The van der Waals surface area contributed by atoms with Crippen molar-refractivity contribution in [3.8, 4) is 11.5 Å². The molecule has 3 aromatic rings. The lowest BCUT2D eigenvalue weighted by Gasteiger charge is -2.46. The molecule has 0 radical (unpaired) electrons. The molecular formula is C24H19ClFNO5. The van der Waals surface area contributed by atoms with Crippen LogP contribution in [-0.2, 0) is 9.59 Å². The highest BCUT2D eigenvalue weighted by molar-refractivity contribution is 6.30. The minimum Gasteiger partial charge on any atom is -0.482 e. The maximum absolute atomic E-state index is 14.1. The fourth-order valence-corrected chi connectivity index (χ4v) is 3.68. The number of hydrogen-bond acceptors (Lipinski definition) is 4. The van der Waals surface area contributed by atoms with Crippen molar-refractivity contribution in [2.45, 2.75) is 19.1 Å². The molecule has 1 amide bonds. The van der Waals surface area contributed by atoms with Crippen LogP contribution in [0.2, 0.25) is 5.02 Å². The van der Waals surface area contributed by atoms with Crippen LogP contribution in [0.3, 0.4) is 0 Å². The van der Waals surface area contributed by atoms with Crippen LogP contribution in [0.25, 0.3) is 0 Å². The van der Waals surface area contributed by atoms with Crippen molar-refractivity contribution >= 4 is 29.2 Å². The summed E-state index contributed by atoms with van der Waals surface area (Å²) in [5.41, 5.74) is 2.07. The number of rotatable bonds is 7. The second kappa shape index (κ2) is 8.88. The van der Waals surface area contributed by atoms with Gasteiger partial charge in [-0.15, -0.1) is 0 Å². The van der Waals surface area contributed by atoms with Gasteiger partial charge in [0.2, 0.25) is 6.10 Å². The maximum atomic E-state index is 14.1. The first kappa shape index (κ1) is 21.6. The molecule has 0 aromatic heterocycles. The lowest BCUT2D eigenvalue weighted by atomic mass is 9.89. The SMILES string of the molecule is Cc1cccc(OC2C(=O)N(c3ccc(Cl)c(F)c3)C2c2ccc(OCC(=O)O)cc2)c1. The van der Waals surface area contributed by atoms with Crippen LogP contribution >= 0.6 is 11.6 Å². The lowest BCUT2D eigenvalue weighted by Crippen LogP contribution is -2.61. The average molecular weight is 456 g/mol. The minimum atomic E-state index is -1.08. The lowest BCUT2D eigenvalue weighted by molar-refractivity contribution is -0.139. The Balaban J connectivity index is 1.65. The molecule has 1 N–H and O–H groups in total. The zero-order valence-corrected chi connectivity index (χ0v) is 17.8. The maximum Gasteiger partial charge on any atom is 0.341 e. The molecule has 1 aliphatic heterocycles. The number of carboxylic acids is 1. The highest BCUT2D eigenvalue weighted by Gasteiger charge is 2.51. The van der Waals surface area contributed by atoms with Gasteiger partial charge in [0.05, 0.1) is 5.02 Å². The largest absolute Gasteiger partial charge is 0.482 e. The zero-order valence-electron chi connectivity index (χ0n) is 17.0. The van der Waals surface area contributed by atoms with Crippen molar-refractivity contribution in [3.63, 3.8) is 0 Å². The first-order chi connectivity index (χ1) is 15.3. The molecule has 0 saturated carbocycles. The predicted molar refractivity (Wildman–Crippen MR) is 117 cm³/mol. The van der Waals surface area contributed by atoms with Crippen molar-refractivity contribution < 1.29 is 28.6 Å². The molecule has 164 valence electrons. The summed E-state index contributed by atoms with van der Waals surface area (Å²) in [5, 5.41) is 8.73. The topological polar surface area (TPSA) is 76.1 Å². The van der Waals surface area contributed by atoms with Crippen LogP contribution in [0.4, 0.5) is 10.1 Å². The molecule has 4 rings (SSSR count). The van der Waals surface area contributed by atoms with E-state index >= 15 is 0 Å². The number of ether oxygens (including phenoxy) is 2. The molecule has 1 aliphatic rings.